The molecule has 0 saturated carbocycles. The van der Waals surface area contributed by atoms with Gasteiger partial charge in [-0.3, -0.25) is 9.69 Å². The minimum Gasteiger partial charge on any atom is -0.476 e. The third-order valence-corrected chi connectivity index (χ3v) is 6.27. The molecule has 2 aromatic carbocycles. The fourth-order valence-electron chi connectivity index (χ4n) is 4.14. The number of benzene rings is 2. The molecule has 0 spiro atoms. The van der Waals surface area contributed by atoms with Gasteiger partial charge in [-0.2, -0.15) is 0 Å². The van der Waals surface area contributed by atoms with Gasteiger partial charge in [0.05, 0.1) is 12.3 Å². The van der Waals surface area contributed by atoms with Crippen LogP contribution in [-0.4, -0.2) is 64.8 Å². The number of ether oxygens (including phenoxy) is 1. The number of unbranched alkanes of at least 4 members (excludes halogenated alkanes) is 1. The molecule has 0 bridgehead atoms. The minimum atomic E-state index is 0.182. The number of hydrogen-bond donors (Lipinski definition) is 0. The first-order valence-corrected chi connectivity index (χ1v) is 11.2. The maximum Gasteiger partial charge on any atom is 0.236 e. The lowest BCUT2D eigenvalue weighted by Crippen LogP contribution is -2.48. The molecule has 2 heterocycles. The molecule has 1 fully saturated rings. The average molecular weight is 421 g/mol. The van der Waals surface area contributed by atoms with Crippen LogP contribution in [0.3, 0.4) is 0 Å². The van der Waals surface area contributed by atoms with Gasteiger partial charge in [-0.25, -0.2) is 4.68 Å². The van der Waals surface area contributed by atoms with Crippen LogP contribution < -0.4 is 4.74 Å². The van der Waals surface area contributed by atoms with Crippen molar-refractivity contribution >= 4 is 16.7 Å². The number of carbonyl (C=O) groups is 1. The molecule has 1 amide bonds. The number of nitrogens with zero attached hydrogens (tertiary/aromatic N) is 4. The van der Waals surface area contributed by atoms with Crippen molar-refractivity contribution in [1.82, 2.24) is 19.6 Å². The Balaban J connectivity index is 1.29. The molecule has 1 aliphatic rings. The van der Waals surface area contributed by atoms with Gasteiger partial charge in [0.25, 0.3) is 0 Å². The van der Waals surface area contributed by atoms with Crippen LogP contribution in [-0.2, 0) is 4.79 Å². The van der Waals surface area contributed by atoms with Crippen molar-refractivity contribution in [2.24, 2.45) is 0 Å². The molecule has 1 aromatic heterocycles. The molecule has 164 valence electrons. The summed E-state index contributed by atoms with van der Waals surface area (Å²) in [5.41, 5.74) is 3.25. The van der Waals surface area contributed by atoms with Crippen molar-refractivity contribution in [3.63, 3.8) is 0 Å². The zero-order chi connectivity index (χ0) is 21.8. The van der Waals surface area contributed by atoms with Crippen LogP contribution in [0.15, 0.2) is 42.5 Å². The summed E-state index contributed by atoms with van der Waals surface area (Å²) in [6.45, 7) is 11.2. The summed E-state index contributed by atoms with van der Waals surface area (Å²) in [5, 5.41) is 7.18. The Morgan fingerprint density at radius 3 is 2.48 bits per heavy atom. The molecule has 0 N–H and O–H groups in total. The molecule has 0 unspecified atom stereocenters. The van der Waals surface area contributed by atoms with E-state index in [1.54, 1.807) is 6.92 Å². The van der Waals surface area contributed by atoms with Crippen molar-refractivity contribution in [3.05, 3.63) is 53.7 Å². The first kappa shape index (κ1) is 21.4. The van der Waals surface area contributed by atoms with Gasteiger partial charge in [0.1, 0.15) is 0 Å². The quantitative estimate of drug-likeness (QED) is 0.543. The normalized spacial score (nSPS) is 14.9. The molecule has 0 aliphatic carbocycles. The Morgan fingerprint density at radius 1 is 1.00 bits per heavy atom. The maximum absolute atomic E-state index is 11.4. The van der Waals surface area contributed by atoms with Crippen LogP contribution in [0.1, 0.15) is 31.0 Å². The predicted octanol–water partition coefficient (Wildman–Crippen LogP) is 3.97. The van der Waals surface area contributed by atoms with Crippen molar-refractivity contribution < 1.29 is 9.53 Å². The summed E-state index contributed by atoms with van der Waals surface area (Å²) in [7, 11) is 0. The molecule has 1 saturated heterocycles. The average Bonchev–Trinajstić information content (AvgIpc) is 3.07. The summed E-state index contributed by atoms with van der Waals surface area (Å²) >= 11 is 0. The van der Waals surface area contributed by atoms with Crippen LogP contribution >= 0.6 is 0 Å². The fourth-order valence-corrected chi connectivity index (χ4v) is 4.14. The Labute approximate surface area is 184 Å². The molecule has 4 rings (SSSR count). The van der Waals surface area contributed by atoms with Crippen LogP contribution in [0.2, 0.25) is 0 Å². The second kappa shape index (κ2) is 9.52. The standard InChI is InChI=1S/C25H32N4O2/c1-19-20(2)29(24-11-10-22-8-4-5-9-23(22)18-24)26-25(19)31-17-7-6-12-27-13-15-28(16-14-27)21(3)30/h4-5,8-11,18H,6-7,12-17H2,1-3H3. The van der Waals surface area contributed by atoms with Crippen molar-refractivity contribution in [3.8, 4) is 11.6 Å². The van der Waals surface area contributed by atoms with E-state index >= 15 is 0 Å². The summed E-state index contributed by atoms with van der Waals surface area (Å²) in [6.07, 6.45) is 2.08. The predicted molar refractivity (Wildman–Crippen MR) is 124 cm³/mol. The van der Waals surface area contributed by atoms with E-state index in [0.717, 1.165) is 68.4 Å². The van der Waals surface area contributed by atoms with Crippen molar-refractivity contribution in [1.29, 1.82) is 0 Å². The largest absolute Gasteiger partial charge is 0.476 e. The summed E-state index contributed by atoms with van der Waals surface area (Å²) in [4.78, 5) is 15.8. The lowest BCUT2D eigenvalue weighted by atomic mass is 10.1. The molecule has 6 heteroatoms. The summed E-state index contributed by atoms with van der Waals surface area (Å²) in [6, 6.07) is 14.8. The monoisotopic (exact) mass is 420 g/mol. The van der Waals surface area contributed by atoms with Gasteiger partial charge in [-0.05, 0) is 56.1 Å². The molecule has 0 atom stereocenters. The lowest BCUT2D eigenvalue weighted by Gasteiger charge is -2.34. The van der Waals surface area contributed by atoms with Crippen molar-refractivity contribution in [2.45, 2.75) is 33.6 Å². The lowest BCUT2D eigenvalue weighted by molar-refractivity contribution is -0.130. The molecule has 3 aromatic rings. The summed E-state index contributed by atoms with van der Waals surface area (Å²) < 4.78 is 8.02. The molecular formula is C25H32N4O2. The fraction of sp³-hybridized carbons (Fsp3) is 0.440. The molecule has 1 aliphatic heterocycles. The zero-order valence-corrected chi connectivity index (χ0v) is 18.8. The Kier molecular flexibility index (Phi) is 6.56. The second-order valence-electron chi connectivity index (χ2n) is 8.36. The number of piperazine rings is 1. The SMILES string of the molecule is CC(=O)N1CCN(CCCCOc2nn(-c3ccc4ccccc4c3)c(C)c2C)CC1. The van der Waals surface area contributed by atoms with E-state index in [1.165, 1.54) is 10.8 Å². The highest BCUT2D eigenvalue weighted by Gasteiger charge is 2.18. The Bertz CT molecular complexity index is 1050. The highest BCUT2D eigenvalue weighted by atomic mass is 16.5. The Hall–Kier alpha value is -2.86. The van der Waals surface area contributed by atoms with Gasteiger partial charge in [-0.1, -0.05) is 30.3 Å². The van der Waals surface area contributed by atoms with Crippen molar-refractivity contribution in [2.75, 3.05) is 39.3 Å². The van der Waals surface area contributed by atoms with Gasteiger partial charge in [0.15, 0.2) is 0 Å². The third kappa shape index (κ3) is 4.90. The smallest absolute Gasteiger partial charge is 0.236 e. The van der Waals surface area contributed by atoms with E-state index in [9.17, 15) is 4.79 Å². The second-order valence-corrected chi connectivity index (χ2v) is 8.36. The van der Waals surface area contributed by atoms with Crippen LogP contribution in [0.25, 0.3) is 16.5 Å². The third-order valence-electron chi connectivity index (χ3n) is 6.27. The van der Waals surface area contributed by atoms with E-state index in [2.05, 4.69) is 61.2 Å². The molecular weight excluding hydrogens is 388 g/mol. The number of aromatic nitrogens is 2. The topological polar surface area (TPSA) is 50.6 Å². The number of carbonyl (C=O) groups excluding carboxylic acids is 1. The van der Waals surface area contributed by atoms with Crippen LogP contribution in [0, 0.1) is 13.8 Å². The first-order valence-electron chi connectivity index (χ1n) is 11.2. The summed E-state index contributed by atoms with van der Waals surface area (Å²) in [5.74, 6) is 0.905. The minimum absolute atomic E-state index is 0.182. The number of amides is 1. The maximum atomic E-state index is 11.4. The molecule has 31 heavy (non-hydrogen) atoms. The van der Waals surface area contributed by atoms with Gasteiger partial charge in [0, 0.05) is 44.4 Å². The van der Waals surface area contributed by atoms with Gasteiger partial charge in [0.2, 0.25) is 11.8 Å². The van der Waals surface area contributed by atoms with E-state index in [1.807, 2.05) is 9.58 Å². The Morgan fingerprint density at radius 2 is 1.74 bits per heavy atom. The number of fused-ring (bicyclic) bond motifs is 1. The zero-order valence-electron chi connectivity index (χ0n) is 18.8. The number of hydrogen-bond acceptors (Lipinski definition) is 4. The highest BCUT2D eigenvalue weighted by Crippen LogP contribution is 2.25. The van der Waals surface area contributed by atoms with E-state index < -0.39 is 0 Å². The molecule has 0 radical (unpaired) electrons. The van der Waals surface area contributed by atoms with Gasteiger partial charge in [-0.15, -0.1) is 5.10 Å². The van der Waals surface area contributed by atoms with E-state index in [-0.39, 0.29) is 5.91 Å². The number of rotatable bonds is 7. The van der Waals surface area contributed by atoms with Crippen LogP contribution in [0.4, 0.5) is 0 Å². The van der Waals surface area contributed by atoms with Gasteiger partial charge >= 0.3 is 0 Å². The highest BCUT2D eigenvalue weighted by molar-refractivity contribution is 5.84. The van der Waals surface area contributed by atoms with Gasteiger partial charge < -0.3 is 9.64 Å². The van der Waals surface area contributed by atoms with Crippen LogP contribution in [0.5, 0.6) is 5.88 Å². The molecule has 6 nitrogen and oxygen atoms in total. The van der Waals surface area contributed by atoms with E-state index in [4.69, 9.17) is 9.84 Å². The first-order chi connectivity index (χ1) is 15.0. The van der Waals surface area contributed by atoms with E-state index in [0.29, 0.717) is 6.61 Å².